The highest BCUT2D eigenvalue weighted by atomic mass is 16.5. The van der Waals surface area contributed by atoms with E-state index in [9.17, 15) is 0 Å². The number of nitrogens with one attached hydrogen (secondary N) is 1. The molecule has 3 heteroatoms. The average molecular weight is 229 g/mol. The van der Waals surface area contributed by atoms with Gasteiger partial charge in [-0.15, -0.1) is 0 Å². The van der Waals surface area contributed by atoms with Crippen LogP contribution in [0.1, 0.15) is 40.5 Å². The van der Waals surface area contributed by atoms with E-state index in [1.54, 1.807) is 0 Å². The van der Waals surface area contributed by atoms with E-state index in [1.807, 2.05) is 7.05 Å². The monoisotopic (exact) mass is 229 g/mol. The van der Waals surface area contributed by atoms with Gasteiger partial charge in [0.1, 0.15) is 0 Å². The van der Waals surface area contributed by atoms with Gasteiger partial charge in [-0.25, -0.2) is 0 Å². The zero-order chi connectivity index (χ0) is 12.1. The second-order valence-corrected chi connectivity index (χ2v) is 5.32. The molecule has 0 amide bonds. The van der Waals surface area contributed by atoms with E-state index in [1.165, 1.54) is 0 Å². The van der Waals surface area contributed by atoms with Crippen molar-refractivity contribution < 1.29 is 9.47 Å². The molecule has 3 nitrogen and oxygen atoms in total. The highest BCUT2D eigenvalue weighted by molar-refractivity contribution is 4.75. The molecule has 96 valence electrons. The van der Waals surface area contributed by atoms with Gasteiger partial charge in [0.15, 0.2) is 0 Å². The molecule has 0 spiro atoms. The molecule has 1 saturated heterocycles. The molecular weight excluding hydrogens is 202 g/mol. The van der Waals surface area contributed by atoms with Crippen LogP contribution >= 0.6 is 0 Å². The minimum Gasteiger partial charge on any atom is -0.376 e. The van der Waals surface area contributed by atoms with Crippen LogP contribution in [0.15, 0.2) is 0 Å². The molecule has 1 N–H and O–H groups in total. The number of likely N-dealkylation sites (N-methyl/N-ethyl adjacent to an activating group) is 1. The van der Waals surface area contributed by atoms with Crippen molar-refractivity contribution in [3.63, 3.8) is 0 Å². The zero-order valence-corrected chi connectivity index (χ0v) is 11.3. The fourth-order valence-electron chi connectivity index (χ4n) is 2.33. The van der Waals surface area contributed by atoms with Crippen LogP contribution in [0.4, 0.5) is 0 Å². The highest BCUT2D eigenvalue weighted by Gasteiger charge is 2.25. The maximum absolute atomic E-state index is 6.00. The van der Waals surface area contributed by atoms with Crippen LogP contribution in [0.2, 0.25) is 0 Å². The molecule has 3 atom stereocenters. The van der Waals surface area contributed by atoms with Gasteiger partial charge in [0, 0.05) is 6.04 Å². The van der Waals surface area contributed by atoms with E-state index < -0.39 is 0 Å². The normalized spacial score (nSPS) is 33.0. The van der Waals surface area contributed by atoms with E-state index in [0.717, 1.165) is 19.4 Å². The minimum atomic E-state index is 0.334. The molecule has 0 aliphatic carbocycles. The first-order chi connectivity index (χ1) is 7.52. The Bertz CT molecular complexity index is 186. The van der Waals surface area contributed by atoms with E-state index in [0.29, 0.717) is 30.3 Å². The summed E-state index contributed by atoms with van der Waals surface area (Å²) in [5.41, 5.74) is 0. The second kappa shape index (κ2) is 6.58. The largest absolute Gasteiger partial charge is 0.376 e. The molecule has 0 saturated carbocycles. The maximum Gasteiger partial charge on any atom is 0.0625 e. The van der Waals surface area contributed by atoms with Crippen molar-refractivity contribution in [2.24, 2.45) is 5.92 Å². The Morgan fingerprint density at radius 3 is 2.25 bits per heavy atom. The summed E-state index contributed by atoms with van der Waals surface area (Å²) < 4.78 is 11.7. The van der Waals surface area contributed by atoms with Crippen LogP contribution in [0, 0.1) is 5.92 Å². The smallest absolute Gasteiger partial charge is 0.0625 e. The molecule has 1 fully saturated rings. The summed E-state index contributed by atoms with van der Waals surface area (Å²) >= 11 is 0. The van der Waals surface area contributed by atoms with E-state index >= 15 is 0 Å². The highest BCUT2D eigenvalue weighted by Crippen LogP contribution is 2.22. The predicted molar refractivity (Wildman–Crippen MR) is 66.7 cm³/mol. The molecule has 0 aromatic carbocycles. The number of rotatable bonds is 5. The van der Waals surface area contributed by atoms with Gasteiger partial charge < -0.3 is 14.8 Å². The van der Waals surface area contributed by atoms with Crippen molar-refractivity contribution in [1.82, 2.24) is 5.32 Å². The minimum absolute atomic E-state index is 0.334. The van der Waals surface area contributed by atoms with Crippen LogP contribution in [0.5, 0.6) is 0 Å². The standard InChI is InChI=1S/C13H27NO2/c1-9(2)13(14-5)8-15-12-6-10(3)16-11(4)7-12/h9-14H,6-8H2,1-5H3. The second-order valence-electron chi connectivity index (χ2n) is 5.32. The molecule has 3 unspecified atom stereocenters. The van der Waals surface area contributed by atoms with Gasteiger partial charge in [-0.3, -0.25) is 0 Å². The average Bonchev–Trinajstić information content (AvgIpc) is 2.16. The molecular formula is C13H27NO2. The molecule has 16 heavy (non-hydrogen) atoms. The Labute approximate surface area is 99.9 Å². The molecule has 1 aliphatic heterocycles. The summed E-state index contributed by atoms with van der Waals surface area (Å²) in [6.07, 6.45) is 3.09. The summed E-state index contributed by atoms with van der Waals surface area (Å²) in [6.45, 7) is 9.51. The molecule has 0 radical (unpaired) electrons. The fourth-order valence-corrected chi connectivity index (χ4v) is 2.33. The van der Waals surface area contributed by atoms with Gasteiger partial charge >= 0.3 is 0 Å². The van der Waals surface area contributed by atoms with Crippen LogP contribution < -0.4 is 5.32 Å². The molecule has 0 aromatic rings. The first-order valence-corrected chi connectivity index (χ1v) is 6.47. The van der Waals surface area contributed by atoms with Crippen LogP contribution in [0.3, 0.4) is 0 Å². The summed E-state index contributed by atoms with van der Waals surface area (Å²) in [4.78, 5) is 0. The van der Waals surface area contributed by atoms with Crippen molar-refractivity contribution in [1.29, 1.82) is 0 Å². The molecule has 1 aliphatic rings. The van der Waals surface area contributed by atoms with Crippen molar-refractivity contribution in [3.8, 4) is 0 Å². The fraction of sp³-hybridized carbons (Fsp3) is 1.00. The van der Waals surface area contributed by atoms with Crippen LogP contribution in [0.25, 0.3) is 0 Å². The number of ether oxygens (including phenoxy) is 2. The lowest BCUT2D eigenvalue weighted by atomic mass is 10.0. The van der Waals surface area contributed by atoms with Gasteiger partial charge in [-0.05, 0) is 39.7 Å². The van der Waals surface area contributed by atoms with Crippen LogP contribution in [-0.2, 0) is 9.47 Å². The molecule has 1 rings (SSSR count). The van der Waals surface area contributed by atoms with E-state index in [4.69, 9.17) is 9.47 Å². The lowest BCUT2D eigenvalue weighted by molar-refractivity contribution is -0.105. The first-order valence-electron chi connectivity index (χ1n) is 6.47. The Morgan fingerprint density at radius 2 is 1.81 bits per heavy atom. The van der Waals surface area contributed by atoms with Gasteiger partial charge in [0.25, 0.3) is 0 Å². The van der Waals surface area contributed by atoms with Crippen molar-refractivity contribution in [2.75, 3.05) is 13.7 Å². The zero-order valence-electron chi connectivity index (χ0n) is 11.3. The van der Waals surface area contributed by atoms with Gasteiger partial charge in [-0.1, -0.05) is 13.8 Å². The SMILES string of the molecule is CNC(COC1CC(C)OC(C)C1)C(C)C. The van der Waals surface area contributed by atoms with Crippen molar-refractivity contribution in [3.05, 3.63) is 0 Å². The Morgan fingerprint density at radius 1 is 1.25 bits per heavy atom. The van der Waals surface area contributed by atoms with Crippen LogP contribution in [-0.4, -0.2) is 38.0 Å². The van der Waals surface area contributed by atoms with Gasteiger partial charge in [0.05, 0.1) is 24.9 Å². The van der Waals surface area contributed by atoms with E-state index in [-0.39, 0.29) is 0 Å². The maximum atomic E-state index is 6.00. The van der Waals surface area contributed by atoms with E-state index in [2.05, 4.69) is 33.0 Å². The summed E-state index contributed by atoms with van der Waals surface area (Å²) in [7, 11) is 2.00. The van der Waals surface area contributed by atoms with Gasteiger partial charge in [-0.2, -0.15) is 0 Å². The third kappa shape index (κ3) is 4.40. The molecule has 1 heterocycles. The number of hydrogen-bond acceptors (Lipinski definition) is 3. The summed E-state index contributed by atoms with van der Waals surface area (Å²) in [5, 5.41) is 3.31. The van der Waals surface area contributed by atoms with Crippen molar-refractivity contribution >= 4 is 0 Å². The Hall–Kier alpha value is -0.120. The molecule has 0 bridgehead atoms. The Balaban J connectivity index is 2.30. The number of hydrogen-bond donors (Lipinski definition) is 1. The first kappa shape index (κ1) is 13.9. The third-order valence-corrected chi connectivity index (χ3v) is 3.34. The summed E-state index contributed by atoms with van der Waals surface area (Å²) in [5.74, 6) is 0.611. The third-order valence-electron chi connectivity index (χ3n) is 3.34. The molecule has 0 aromatic heterocycles. The lowest BCUT2D eigenvalue weighted by Crippen LogP contribution is -2.40. The summed E-state index contributed by atoms with van der Waals surface area (Å²) in [6, 6.07) is 0.452. The topological polar surface area (TPSA) is 30.5 Å². The van der Waals surface area contributed by atoms with Gasteiger partial charge in [0.2, 0.25) is 0 Å². The van der Waals surface area contributed by atoms with Crippen molar-refractivity contribution in [2.45, 2.75) is 64.9 Å². The lowest BCUT2D eigenvalue weighted by Gasteiger charge is -2.33. The Kier molecular flexibility index (Phi) is 5.73. The quantitative estimate of drug-likeness (QED) is 0.784. The predicted octanol–water partition coefficient (Wildman–Crippen LogP) is 2.20.